The van der Waals surface area contributed by atoms with Crippen LogP contribution in [0.15, 0.2) is 42.7 Å². The lowest BCUT2D eigenvalue weighted by molar-refractivity contribution is 0.208. The summed E-state index contributed by atoms with van der Waals surface area (Å²) in [6.07, 6.45) is 1.31. The normalized spacial score (nSPS) is 16.1. The average molecular weight is 467 g/mol. The van der Waals surface area contributed by atoms with E-state index in [2.05, 4.69) is 15.1 Å². The van der Waals surface area contributed by atoms with Gasteiger partial charge in [0.15, 0.2) is 5.65 Å². The Bertz CT molecular complexity index is 1440. The van der Waals surface area contributed by atoms with Gasteiger partial charge in [-0.05, 0) is 31.2 Å². The number of hydrogen-bond acceptors (Lipinski definition) is 5. The van der Waals surface area contributed by atoms with Crippen LogP contribution >= 0.6 is 0 Å². The SMILES string of the molecule is CCN1C(=O)N(c2ccc(-c3nn(C)c4ncnc(N)c34)c(F)c2)CC1c1ccc(F)cc1F. The van der Waals surface area contributed by atoms with Crippen LogP contribution in [0.25, 0.3) is 22.3 Å². The molecule has 1 saturated heterocycles. The molecule has 1 fully saturated rings. The van der Waals surface area contributed by atoms with Gasteiger partial charge < -0.3 is 10.6 Å². The van der Waals surface area contributed by atoms with Gasteiger partial charge in [-0.2, -0.15) is 5.10 Å². The van der Waals surface area contributed by atoms with Gasteiger partial charge in [0, 0.05) is 36.5 Å². The van der Waals surface area contributed by atoms with E-state index >= 15 is 4.39 Å². The number of rotatable bonds is 4. The first kappa shape index (κ1) is 21.7. The number of aromatic nitrogens is 4. The molecule has 2 aromatic heterocycles. The van der Waals surface area contributed by atoms with Crippen LogP contribution in [-0.2, 0) is 7.05 Å². The van der Waals surface area contributed by atoms with Crippen molar-refractivity contribution in [2.45, 2.75) is 13.0 Å². The molecule has 0 radical (unpaired) electrons. The van der Waals surface area contributed by atoms with Gasteiger partial charge in [0.2, 0.25) is 0 Å². The molecular weight excluding hydrogens is 447 g/mol. The molecule has 1 atom stereocenters. The molecule has 174 valence electrons. The molecule has 0 bridgehead atoms. The summed E-state index contributed by atoms with van der Waals surface area (Å²) in [6.45, 7) is 2.15. The van der Waals surface area contributed by atoms with Crippen molar-refractivity contribution in [2.75, 3.05) is 23.7 Å². The summed E-state index contributed by atoms with van der Waals surface area (Å²) < 4.78 is 44.6. The zero-order valence-corrected chi connectivity index (χ0v) is 18.3. The Hall–Kier alpha value is -4.15. The van der Waals surface area contributed by atoms with Gasteiger partial charge in [-0.15, -0.1) is 0 Å². The highest BCUT2D eigenvalue weighted by Crippen LogP contribution is 2.37. The third kappa shape index (κ3) is 3.31. The van der Waals surface area contributed by atoms with Crippen molar-refractivity contribution in [1.82, 2.24) is 24.6 Å². The topological polar surface area (TPSA) is 93.2 Å². The van der Waals surface area contributed by atoms with Crippen LogP contribution in [-0.4, -0.2) is 43.8 Å². The van der Waals surface area contributed by atoms with Gasteiger partial charge in [-0.25, -0.2) is 32.6 Å². The lowest BCUT2D eigenvalue weighted by Gasteiger charge is -2.22. The van der Waals surface area contributed by atoms with E-state index in [1.165, 1.54) is 39.0 Å². The molecule has 0 saturated carbocycles. The summed E-state index contributed by atoms with van der Waals surface area (Å²) in [5, 5.41) is 4.78. The number of anilines is 2. The minimum atomic E-state index is -0.735. The number of nitrogens with two attached hydrogens (primary N) is 1. The van der Waals surface area contributed by atoms with Gasteiger partial charge in [0.25, 0.3) is 0 Å². The Labute approximate surface area is 192 Å². The number of likely N-dealkylation sites (N-methyl/N-ethyl adjacent to an activating group) is 1. The van der Waals surface area contributed by atoms with E-state index in [4.69, 9.17) is 5.73 Å². The molecule has 34 heavy (non-hydrogen) atoms. The van der Waals surface area contributed by atoms with Crippen LogP contribution in [0.3, 0.4) is 0 Å². The minimum absolute atomic E-state index is 0.0846. The Morgan fingerprint density at radius 2 is 1.88 bits per heavy atom. The first-order valence-electron chi connectivity index (χ1n) is 10.6. The third-order valence-electron chi connectivity index (χ3n) is 6.04. The number of aryl methyl sites for hydroxylation is 1. The summed E-state index contributed by atoms with van der Waals surface area (Å²) in [6, 6.07) is 6.56. The summed E-state index contributed by atoms with van der Waals surface area (Å²) in [7, 11) is 1.67. The van der Waals surface area contributed by atoms with Gasteiger partial charge in [-0.3, -0.25) is 4.90 Å². The lowest BCUT2D eigenvalue weighted by Crippen LogP contribution is -2.32. The molecule has 2 aromatic carbocycles. The second-order valence-corrected chi connectivity index (χ2v) is 7.95. The molecule has 0 aliphatic carbocycles. The van der Waals surface area contributed by atoms with Gasteiger partial charge in [0.1, 0.15) is 35.3 Å². The van der Waals surface area contributed by atoms with Crippen LogP contribution in [0, 0.1) is 17.5 Å². The number of nitrogen functional groups attached to an aromatic ring is 1. The fraction of sp³-hybridized carbons (Fsp3) is 0.217. The zero-order chi connectivity index (χ0) is 24.1. The number of benzene rings is 2. The van der Waals surface area contributed by atoms with Crippen molar-refractivity contribution in [3.63, 3.8) is 0 Å². The van der Waals surface area contributed by atoms with Gasteiger partial charge in [0.05, 0.1) is 18.0 Å². The van der Waals surface area contributed by atoms with Crippen LogP contribution < -0.4 is 10.6 Å². The van der Waals surface area contributed by atoms with Crippen molar-refractivity contribution in [3.8, 4) is 11.3 Å². The first-order chi connectivity index (χ1) is 16.3. The van der Waals surface area contributed by atoms with E-state index in [1.54, 1.807) is 20.0 Å². The Morgan fingerprint density at radius 3 is 2.59 bits per heavy atom. The summed E-state index contributed by atoms with van der Waals surface area (Å²) in [5.74, 6) is -1.88. The summed E-state index contributed by atoms with van der Waals surface area (Å²) in [5.41, 5.74) is 7.42. The number of halogens is 3. The molecule has 1 aliphatic rings. The smallest absolute Gasteiger partial charge is 0.325 e. The number of fused-ring (bicyclic) bond motifs is 1. The first-order valence-corrected chi connectivity index (χ1v) is 10.6. The highest BCUT2D eigenvalue weighted by atomic mass is 19.1. The Morgan fingerprint density at radius 1 is 1.09 bits per heavy atom. The number of amides is 2. The summed E-state index contributed by atoms with van der Waals surface area (Å²) >= 11 is 0. The van der Waals surface area contributed by atoms with Crippen LogP contribution in [0.4, 0.5) is 29.5 Å². The third-order valence-corrected chi connectivity index (χ3v) is 6.04. The molecule has 2 amide bonds. The maximum absolute atomic E-state index is 15.3. The number of nitrogens with zero attached hydrogens (tertiary/aromatic N) is 6. The second kappa shape index (κ2) is 8.01. The number of hydrogen-bond donors (Lipinski definition) is 1. The number of carbonyl (C=O) groups is 1. The Balaban J connectivity index is 1.52. The average Bonchev–Trinajstić information content (AvgIpc) is 3.31. The predicted molar refractivity (Wildman–Crippen MR) is 120 cm³/mol. The monoisotopic (exact) mass is 467 g/mol. The molecule has 1 unspecified atom stereocenters. The van der Waals surface area contributed by atoms with E-state index in [0.29, 0.717) is 23.3 Å². The molecular formula is C23H20F3N7O. The quantitative estimate of drug-likeness (QED) is 0.489. The largest absolute Gasteiger partial charge is 0.383 e. The standard InChI is InChI=1S/C23H20F3N7O/c1-3-32-18(14-6-4-12(24)8-16(14)25)10-33(23(32)34)13-5-7-15(17(26)9-13)20-19-21(27)28-11-29-22(19)31(2)30-20/h4-9,11,18H,3,10H2,1-2H3,(H2,27,28,29). The summed E-state index contributed by atoms with van der Waals surface area (Å²) in [4.78, 5) is 24.0. The highest BCUT2D eigenvalue weighted by Gasteiger charge is 2.39. The zero-order valence-electron chi connectivity index (χ0n) is 18.3. The van der Waals surface area contributed by atoms with Gasteiger partial charge >= 0.3 is 6.03 Å². The van der Waals surface area contributed by atoms with Crippen molar-refractivity contribution < 1.29 is 18.0 Å². The maximum Gasteiger partial charge on any atom is 0.325 e. The van der Waals surface area contributed by atoms with Crippen LogP contribution in [0.1, 0.15) is 18.5 Å². The molecule has 8 nitrogen and oxygen atoms in total. The molecule has 1 aliphatic heterocycles. The molecule has 11 heteroatoms. The van der Waals surface area contributed by atoms with E-state index in [-0.39, 0.29) is 29.2 Å². The fourth-order valence-corrected chi connectivity index (χ4v) is 4.41. The predicted octanol–water partition coefficient (Wildman–Crippen LogP) is 4.03. The molecule has 0 spiro atoms. The van der Waals surface area contributed by atoms with E-state index in [9.17, 15) is 13.6 Å². The maximum atomic E-state index is 15.3. The molecule has 4 aromatic rings. The van der Waals surface area contributed by atoms with Crippen molar-refractivity contribution in [2.24, 2.45) is 7.05 Å². The molecule has 3 heterocycles. The van der Waals surface area contributed by atoms with E-state index in [0.717, 1.165) is 12.1 Å². The molecule has 5 rings (SSSR count). The van der Waals surface area contributed by atoms with Crippen molar-refractivity contribution >= 4 is 28.6 Å². The molecule has 2 N–H and O–H groups in total. The van der Waals surface area contributed by atoms with Crippen molar-refractivity contribution in [3.05, 3.63) is 65.7 Å². The van der Waals surface area contributed by atoms with Gasteiger partial charge in [-0.1, -0.05) is 6.07 Å². The minimum Gasteiger partial charge on any atom is -0.383 e. The highest BCUT2D eigenvalue weighted by molar-refractivity contribution is 5.99. The number of urea groups is 1. The van der Waals surface area contributed by atoms with E-state index < -0.39 is 29.5 Å². The second-order valence-electron chi connectivity index (χ2n) is 7.95. The van der Waals surface area contributed by atoms with Crippen LogP contribution in [0.5, 0.6) is 0 Å². The van der Waals surface area contributed by atoms with Crippen LogP contribution in [0.2, 0.25) is 0 Å². The fourth-order valence-electron chi connectivity index (χ4n) is 4.41. The Kier molecular flexibility index (Phi) is 5.11. The lowest BCUT2D eigenvalue weighted by atomic mass is 10.1. The van der Waals surface area contributed by atoms with Crippen molar-refractivity contribution in [1.29, 1.82) is 0 Å². The number of carbonyl (C=O) groups excluding carboxylic acids is 1. The van der Waals surface area contributed by atoms with E-state index in [1.807, 2.05) is 0 Å².